The predicted molar refractivity (Wildman–Crippen MR) is 88.6 cm³/mol. The highest BCUT2D eigenvalue weighted by atomic mass is 16.3. The number of hydrogen-bond acceptors (Lipinski definition) is 3. The van der Waals surface area contributed by atoms with E-state index in [1.54, 1.807) is 0 Å². The van der Waals surface area contributed by atoms with Gasteiger partial charge in [0.1, 0.15) is 6.26 Å². The van der Waals surface area contributed by atoms with Gasteiger partial charge in [-0.15, -0.1) is 0 Å². The summed E-state index contributed by atoms with van der Waals surface area (Å²) >= 11 is 0. The molecule has 0 amide bonds. The van der Waals surface area contributed by atoms with E-state index < -0.39 is 0 Å². The van der Waals surface area contributed by atoms with Crippen molar-refractivity contribution in [3.63, 3.8) is 0 Å². The summed E-state index contributed by atoms with van der Waals surface area (Å²) in [6, 6.07) is 14.6. The number of rotatable bonds is 3. The number of piperidine rings is 1. The summed E-state index contributed by atoms with van der Waals surface area (Å²) in [6.07, 6.45) is 5.77. The van der Waals surface area contributed by atoms with Crippen LogP contribution >= 0.6 is 0 Å². The van der Waals surface area contributed by atoms with E-state index in [9.17, 15) is 0 Å². The van der Waals surface area contributed by atoms with Gasteiger partial charge in [0, 0.05) is 12.1 Å². The molecule has 0 unspecified atom stereocenters. The van der Waals surface area contributed by atoms with E-state index >= 15 is 0 Å². The van der Waals surface area contributed by atoms with Crippen molar-refractivity contribution in [3.05, 3.63) is 54.4 Å². The van der Waals surface area contributed by atoms with Crippen LogP contribution in [0.4, 0.5) is 0 Å². The highest BCUT2D eigenvalue weighted by molar-refractivity contribution is 5.94. The lowest BCUT2D eigenvalue weighted by molar-refractivity contribution is 0.218. The molecule has 3 heteroatoms. The van der Waals surface area contributed by atoms with Crippen LogP contribution in [0.1, 0.15) is 25.0 Å². The van der Waals surface area contributed by atoms with Crippen LogP contribution in [0.2, 0.25) is 0 Å². The molecule has 3 aromatic rings. The second kappa shape index (κ2) is 5.93. The first kappa shape index (κ1) is 13.5. The van der Waals surface area contributed by atoms with Crippen molar-refractivity contribution in [3.8, 4) is 11.5 Å². The number of aromatic nitrogens is 1. The monoisotopic (exact) mass is 292 g/mol. The van der Waals surface area contributed by atoms with Crippen LogP contribution in [0.25, 0.3) is 22.2 Å². The minimum Gasteiger partial charge on any atom is -0.444 e. The molecule has 4 rings (SSSR count). The van der Waals surface area contributed by atoms with Crippen LogP contribution in [0.3, 0.4) is 0 Å². The Kier molecular flexibility index (Phi) is 3.65. The van der Waals surface area contributed by atoms with Gasteiger partial charge in [-0.1, -0.05) is 42.8 Å². The molecule has 1 saturated heterocycles. The lowest BCUT2D eigenvalue weighted by Crippen LogP contribution is -2.29. The molecule has 0 bridgehead atoms. The summed E-state index contributed by atoms with van der Waals surface area (Å²) in [5.74, 6) is 0.726. The highest BCUT2D eigenvalue weighted by Crippen LogP contribution is 2.28. The molecule has 0 saturated carbocycles. The van der Waals surface area contributed by atoms with Gasteiger partial charge in [0.25, 0.3) is 0 Å². The molecule has 0 radical (unpaired) electrons. The second-order valence-electron chi connectivity index (χ2n) is 6.01. The molecule has 1 aliphatic rings. The Bertz CT molecular complexity index is 766. The van der Waals surface area contributed by atoms with Crippen LogP contribution in [0, 0.1) is 0 Å². The van der Waals surface area contributed by atoms with Gasteiger partial charge >= 0.3 is 0 Å². The average Bonchev–Trinajstić information content (AvgIpc) is 3.03. The molecular formula is C19H20N2O. The Morgan fingerprint density at radius 3 is 2.68 bits per heavy atom. The van der Waals surface area contributed by atoms with Gasteiger partial charge in [-0.25, -0.2) is 4.98 Å². The third-order valence-electron chi connectivity index (χ3n) is 4.41. The fourth-order valence-corrected chi connectivity index (χ4v) is 3.26. The number of nitrogens with zero attached hydrogens (tertiary/aromatic N) is 2. The molecule has 3 nitrogen and oxygen atoms in total. The Morgan fingerprint density at radius 1 is 0.955 bits per heavy atom. The van der Waals surface area contributed by atoms with Gasteiger partial charge in [-0.05, 0) is 42.8 Å². The zero-order chi connectivity index (χ0) is 14.8. The number of benzene rings is 2. The molecule has 1 aliphatic heterocycles. The molecule has 2 aromatic carbocycles. The number of likely N-dealkylation sites (tertiary alicyclic amines) is 1. The molecule has 1 fully saturated rings. The normalized spacial score (nSPS) is 16.2. The Hall–Kier alpha value is -2.13. The summed E-state index contributed by atoms with van der Waals surface area (Å²) in [7, 11) is 0. The molecule has 1 aromatic heterocycles. The van der Waals surface area contributed by atoms with Gasteiger partial charge in [-0.3, -0.25) is 4.90 Å². The SMILES string of the molecule is c1ccc2c(-c3nc(CN4CCCCC4)co3)cccc2c1. The van der Waals surface area contributed by atoms with E-state index in [-0.39, 0.29) is 0 Å². The average molecular weight is 292 g/mol. The zero-order valence-electron chi connectivity index (χ0n) is 12.7. The lowest BCUT2D eigenvalue weighted by Gasteiger charge is -2.25. The second-order valence-corrected chi connectivity index (χ2v) is 6.01. The first-order valence-electron chi connectivity index (χ1n) is 8.05. The topological polar surface area (TPSA) is 29.3 Å². The minimum atomic E-state index is 0.726. The maximum Gasteiger partial charge on any atom is 0.226 e. The number of hydrogen-bond donors (Lipinski definition) is 0. The molecule has 0 N–H and O–H groups in total. The summed E-state index contributed by atoms with van der Waals surface area (Å²) < 4.78 is 5.76. The Labute approximate surface area is 130 Å². The number of fused-ring (bicyclic) bond motifs is 1. The maximum absolute atomic E-state index is 5.76. The lowest BCUT2D eigenvalue weighted by atomic mass is 10.0. The molecule has 0 atom stereocenters. The summed E-state index contributed by atoms with van der Waals surface area (Å²) in [4.78, 5) is 7.18. The standard InChI is InChI=1S/C19H20N2O/c1-4-11-21(12-5-1)13-16-14-22-19(20-16)18-10-6-8-15-7-2-3-9-17(15)18/h2-3,6-10,14H,1,4-5,11-13H2. The van der Waals surface area contributed by atoms with Crippen LogP contribution in [0.15, 0.2) is 53.1 Å². The molecule has 22 heavy (non-hydrogen) atoms. The fraction of sp³-hybridized carbons (Fsp3) is 0.316. The minimum absolute atomic E-state index is 0.726. The van der Waals surface area contributed by atoms with Crippen LogP contribution in [-0.4, -0.2) is 23.0 Å². The van der Waals surface area contributed by atoms with Crippen molar-refractivity contribution >= 4 is 10.8 Å². The molecular weight excluding hydrogens is 272 g/mol. The molecule has 112 valence electrons. The van der Waals surface area contributed by atoms with Gasteiger partial charge < -0.3 is 4.42 Å². The number of oxazole rings is 1. The fourth-order valence-electron chi connectivity index (χ4n) is 3.26. The van der Waals surface area contributed by atoms with Gasteiger partial charge in [-0.2, -0.15) is 0 Å². The predicted octanol–water partition coefficient (Wildman–Crippen LogP) is 4.48. The van der Waals surface area contributed by atoms with Crippen molar-refractivity contribution in [1.82, 2.24) is 9.88 Å². The van der Waals surface area contributed by atoms with Crippen molar-refractivity contribution in [2.45, 2.75) is 25.8 Å². The Morgan fingerprint density at radius 2 is 1.77 bits per heavy atom. The van der Waals surface area contributed by atoms with Crippen LogP contribution in [0.5, 0.6) is 0 Å². The molecule has 2 heterocycles. The van der Waals surface area contributed by atoms with Crippen molar-refractivity contribution in [2.24, 2.45) is 0 Å². The van der Waals surface area contributed by atoms with Crippen molar-refractivity contribution in [1.29, 1.82) is 0 Å². The van der Waals surface area contributed by atoms with Crippen LogP contribution in [-0.2, 0) is 6.54 Å². The first-order chi connectivity index (χ1) is 10.9. The summed E-state index contributed by atoms with van der Waals surface area (Å²) in [5, 5.41) is 2.41. The van der Waals surface area contributed by atoms with Crippen molar-refractivity contribution < 1.29 is 4.42 Å². The molecule has 0 aliphatic carbocycles. The van der Waals surface area contributed by atoms with Crippen LogP contribution < -0.4 is 0 Å². The third kappa shape index (κ3) is 2.64. The first-order valence-corrected chi connectivity index (χ1v) is 8.05. The van der Waals surface area contributed by atoms with E-state index in [1.165, 1.54) is 43.1 Å². The van der Waals surface area contributed by atoms with Crippen molar-refractivity contribution in [2.75, 3.05) is 13.1 Å². The van der Waals surface area contributed by atoms with E-state index in [4.69, 9.17) is 9.40 Å². The van der Waals surface area contributed by atoms with Gasteiger partial charge in [0.05, 0.1) is 5.69 Å². The summed E-state index contributed by atoms with van der Waals surface area (Å²) in [6.45, 7) is 3.25. The smallest absolute Gasteiger partial charge is 0.226 e. The third-order valence-corrected chi connectivity index (χ3v) is 4.41. The molecule has 0 spiro atoms. The largest absolute Gasteiger partial charge is 0.444 e. The van der Waals surface area contributed by atoms with E-state index in [0.717, 1.165) is 23.7 Å². The van der Waals surface area contributed by atoms with E-state index in [2.05, 4.69) is 47.4 Å². The highest BCUT2D eigenvalue weighted by Gasteiger charge is 2.14. The van der Waals surface area contributed by atoms with Gasteiger partial charge in [0.15, 0.2) is 0 Å². The van der Waals surface area contributed by atoms with E-state index in [1.807, 2.05) is 6.26 Å². The summed E-state index contributed by atoms with van der Waals surface area (Å²) in [5.41, 5.74) is 2.10. The zero-order valence-corrected chi connectivity index (χ0v) is 12.7. The van der Waals surface area contributed by atoms with E-state index in [0.29, 0.717) is 0 Å². The van der Waals surface area contributed by atoms with Gasteiger partial charge in [0.2, 0.25) is 5.89 Å². The Balaban J connectivity index is 1.62. The quantitative estimate of drug-likeness (QED) is 0.712. The maximum atomic E-state index is 5.76.